The average Bonchev–Trinajstić information content (AvgIpc) is 3.02. The van der Waals surface area contributed by atoms with Crippen LogP contribution in [0.2, 0.25) is 0 Å². The van der Waals surface area contributed by atoms with Gasteiger partial charge in [0.05, 0.1) is 17.7 Å². The maximum atomic E-state index is 11.0. The fraction of sp³-hybridized carbons (Fsp3) is 0.0526. The number of hydroxylamine groups is 1. The smallest absolute Gasteiger partial charge is 0.267 e. The summed E-state index contributed by atoms with van der Waals surface area (Å²) in [5, 5.41) is 8.49. The first-order valence-electron chi connectivity index (χ1n) is 7.48. The fourth-order valence-corrected chi connectivity index (χ4v) is 2.54. The van der Waals surface area contributed by atoms with E-state index in [-0.39, 0.29) is 0 Å². The van der Waals surface area contributed by atoms with Crippen LogP contribution in [0.15, 0.2) is 67.0 Å². The van der Waals surface area contributed by atoms with Crippen molar-refractivity contribution in [2.75, 3.05) is 0 Å². The maximum Gasteiger partial charge on any atom is 0.267 e. The zero-order valence-electron chi connectivity index (χ0n) is 13.2. The van der Waals surface area contributed by atoms with E-state index in [1.54, 1.807) is 17.9 Å². The SMILES string of the molecule is Cn1cnc(-c2ccccc2)c1-c1ccc(C=CC(=O)NO)cc1. The lowest BCUT2D eigenvalue weighted by Crippen LogP contribution is -2.14. The van der Waals surface area contributed by atoms with Crippen molar-refractivity contribution in [3.63, 3.8) is 0 Å². The van der Waals surface area contributed by atoms with E-state index in [9.17, 15) is 4.79 Å². The first-order valence-corrected chi connectivity index (χ1v) is 7.48. The van der Waals surface area contributed by atoms with Crippen LogP contribution in [-0.4, -0.2) is 20.7 Å². The summed E-state index contributed by atoms with van der Waals surface area (Å²) in [7, 11) is 1.97. The molecule has 0 unspecified atom stereocenters. The normalized spacial score (nSPS) is 10.9. The number of rotatable bonds is 4. The van der Waals surface area contributed by atoms with E-state index in [1.165, 1.54) is 6.08 Å². The van der Waals surface area contributed by atoms with Gasteiger partial charge in [-0.25, -0.2) is 10.5 Å². The molecule has 0 saturated heterocycles. The summed E-state index contributed by atoms with van der Waals surface area (Å²) in [4.78, 5) is 15.5. The Kier molecular flexibility index (Phi) is 4.54. The molecule has 1 amide bonds. The lowest BCUT2D eigenvalue weighted by molar-refractivity contribution is -0.124. The summed E-state index contributed by atoms with van der Waals surface area (Å²) in [6.07, 6.45) is 4.71. The van der Waals surface area contributed by atoms with Crippen molar-refractivity contribution in [1.29, 1.82) is 0 Å². The molecule has 24 heavy (non-hydrogen) atoms. The number of hydrogen-bond acceptors (Lipinski definition) is 3. The van der Waals surface area contributed by atoms with Crippen LogP contribution in [0.3, 0.4) is 0 Å². The van der Waals surface area contributed by atoms with Crippen molar-refractivity contribution < 1.29 is 10.0 Å². The molecule has 120 valence electrons. The summed E-state index contributed by atoms with van der Waals surface area (Å²) >= 11 is 0. The molecule has 0 aliphatic heterocycles. The number of aryl methyl sites for hydroxylation is 1. The second-order valence-electron chi connectivity index (χ2n) is 5.35. The van der Waals surface area contributed by atoms with E-state index in [2.05, 4.69) is 4.98 Å². The molecule has 2 N–H and O–H groups in total. The van der Waals surface area contributed by atoms with Gasteiger partial charge < -0.3 is 4.57 Å². The van der Waals surface area contributed by atoms with E-state index in [0.29, 0.717) is 0 Å². The van der Waals surface area contributed by atoms with Crippen LogP contribution in [0, 0.1) is 0 Å². The van der Waals surface area contributed by atoms with E-state index in [0.717, 1.165) is 28.1 Å². The predicted octanol–water partition coefficient (Wildman–Crippen LogP) is 3.27. The molecule has 2 aromatic carbocycles. The van der Waals surface area contributed by atoms with Gasteiger partial charge in [-0.1, -0.05) is 54.6 Å². The first-order chi connectivity index (χ1) is 11.7. The second kappa shape index (κ2) is 6.93. The molecule has 3 rings (SSSR count). The third-order valence-corrected chi connectivity index (χ3v) is 3.71. The number of nitrogens with one attached hydrogen (secondary N) is 1. The van der Waals surface area contributed by atoms with Gasteiger partial charge in [0.25, 0.3) is 5.91 Å². The summed E-state index contributed by atoms with van der Waals surface area (Å²) in [6.45, 7) is 0. The molecule has 5 nitrogen and oxygen atoms in total. The van der Waals surface area contributed by atoms with Crippen molar-refractivity contribution in [3.8, 4) is 22.5 Å². The van der Waals surface area contributed by atoms with Crippen LogP contribution in [0.4, 0.5) is 0 Å². The van der Waals surface area contributed by atoms with Gasteiger partial charge in [0, 0.05) is 24.3 Å². The van der Waals surface area contributed by atoms with Crippen molar-refractivity contribution in [1.82, 2.24) is 15.0 Å². The van der Waals surface area contributed by atoms with Crippen LogP contribution < -0.4 is 5.48 Å². The number of carbonyl (C=O) groups excluding carboxylic acids is 1. The highest BCUT2D eigenvalue weighted by Gasteiger charge is 2.12. The summed E-state index contributed by atoms with van der Waals surface area (Å²) in [6, 6.07) is 17.8. The van der Waals surface area contributed by atoms with E-state index >= 15 is 0 Å². The number of benzene rings is 2. The van der Waals surface area contributed by atoms with Gasteiger partial charge in [0.2, 0.25) is 0 Å². The lowest BCUT2D eigenvalue weighted by Gasteiger charge is -2.07. The quantitative estimate of drug-likeness (QED) is 0.440. The second-order valence-corrected chi connectivity index (χ2v) is 5.35. The van der Waals surface area contributed by atoms with Crippen LogP contribution in [0.5, 0.6) is 0 Å². The molecule has 1 heterocycles. The van der Waals surface area contributed by atoms with Crippen LogP contribution in [0.25, 0.3) is 28.6 Å². The van der Waals surface area contributed by atoms with E-state index in [4.69, 9.17) is 5.21 Å². The summed E-state index contributed by atoms with van der Waals surface area (Å²) in [5.74, 6) is -0.558. The molecule has 0 aliphatic carbocycles. The molecule has 0 radical (unpaired) electrons. The van der Waals surface area contributed by atoms with Gasteiger partial charge >= 0.3 is 0 Å². The molecule has 0 saturated carbocycles. The first kappa shape index (κ1) is 15.7. The lowest BCUT2D eigenvalue weighted by atomic mass is 10.0. The molecule has 0 atom stereocenters. The molecule has 0 bridgehead atoms. The number of imidazole rings is 1. The molecule has 0 spiro atoms. The van der Waals surface area contributed by atoms with Crippen LogP contribution >= 0.6 is 0 Å². The number of aromatic nitrogens is 2. The average molecular weight is 319 g/mol. The number of hydrogen-bond donors (Lipinski definition) is 2. The maximum absolute atomic E-state index is 11.0. The van der Waals surface area contributed by atoms with Gasteiger partial charge in [-0.2, -0.15) is 0 Å². The molecule has 3 aromatic rings. The number of amides is 1. The Hall–Kier alpha value is -3.18. The van der Waals surface area contributed by atoms with Crippen molar-refractivity contribution in [2.24, 2.45) is 7.05 Å². The van der Waals surface area contributed by atoms with Crippen LogP contribution in [-0.2, 0) is 11.8 Å². The van der Waals surface area contributed by atoms with Gasteiger partial charge in [-0.3, -0.25) is 10.0 Å². The minimum atomic E-state index is -0.558. The topological polar surface area (TPSA) is 67.2 Å². The third kappa shape index (κ3) is 3.26. The largest absolute Gasteiger partial charge is 0.333 e. The van der Waals surface area contributed by atoms with Gasteiger partial charge in [-0.15, -0.1) is 0 Å². The zero-order chi connectivity index (χ0) is 16.9. The Morgan fingerprint density at radius 3 is 2.46 bits per heavy atom. The molecule has 0 fully saturated rings. The van der Waals surface area contributed by atoms with E-state index < -0.39 is 5.91 Å². The standard InChI is InChI=1S/C19H17N3O2/c1-22-13-20-18(15-5-3-2-4-6-15)19(22)16-10-7-14(8-11-16)9-12-17(23)21-24/h2-13,24H,1H3,(H,21,23). The molecule has 5 heteroatoms. The highest BCUT2D eigenvalue weighted by atomic mass is 16.5. The molecular weight excluding hydrogens is 302 g/mol. The minimum Gasteiger partial charge on any atom is -0.333 e. The summed E-state index contributed by atoms with van der Waals surface area (Å²) in [5.41, 5.74) is 6.50. The van der Waals surface area contributed by atoms with Crippen molar-refractivity contribution in [3.05, 3.63) is 72.6 Å². The number of nitrogens with zero attached hydrogens (tertiary/aromatic N) is 2. The Morgan fingerprint density at radius 1 is 1.08 bits per heavy atom. The predicted molar refractivity (Wildman–Crippen MR) is 93.0 cm³/mol. The van der Waals surface area contributed by atoms with Crippen molar-refractivity contribution in [2.45, 2.75) is 0 Å². The van der Waals surface area contributed by atoms with Gasteiger partial charge in [0.1, 0.15) is 0 Å². The Morgan fingerprint density at radius 2 is 1.79 bits per heavy atom. The van der Waals surface area contributed by atoms with Gasteiger partial charge in [-0.05, 0) is 11.6 Å². The third-order valence-electron chi connectivity index (χ3n) is 3.71. The fourth-order valence-electron chi connectivity index (χ4n) is 2.54. The minimum absolute atomic E-state index is 0.558. The van der Waals surface area contributed by atoms with Crippen LogP contribution in [0.1, 0.15) is 5.56 Å². The number of carbonyl (C=O) groups is 1. The monoisotopic (exact) mass is 319 g/mol. The zero-order valence-corrected chi connectivity index (χ0v) is 13.2. The molecule has 0 aliphatic rings. The highest BCUT2D eigenvalue weighted by Crippen LogP contribution is 2.30. The van der Waals surface area contributed by atoms with Crippen molar-refractivity contribution >= 4 is 12.0 Å². The summed E-state index contributed by atoms with van der Waals surface area (Å²) < 4.78 is 1.99. The Labute approximate surface area is 139 Å². The van der Waals surface area contributed by atoms with Gasteiger partial charge in [0.15, 0.2) is 0 Å². The Balaban J connectivity index is 1.94. The highest BCUT2D eigenvalue weighted by molar-refractivity contribution is 5.91. The Bertz CT molecular complexity index is 865. The van der Waals surface area contributed by atoms with E-state index in [1.807, 2.05) is 66.2 Å². The molecular formula is C19H17N3O2. The molecule has 1 aromatic heterocycles.